The SMILES string of the molecule is C[n+]1ccn(CCS(=O)(=O)[N-]S(=O)(=O)C(F)(F)F)c1. The topological polar surface area (TPSA) is 91.2 Å². The Morgan fingerprint density at radius 3 is 2.26 bits per heavy atom. The molecule has 0 aliphatic heterocycles. The predicted octanol–water partition coefficient (Wildman–Crippen LogP) is -0.134. The molecule has 0 atom stereocenters. The van der Waals surface area contributed by atoms with E-state index >= 15 is 0 Å². The van der Waals surface area contributed by atoms with Gasteiger partial charge in [-0.1, -0.05) is 0 Å². The highest BCUT2D eigenvalue weighted by Gasteiger charge is 2.40. The van der Waals surface area contributed by atoms with Crippen molar-refractivity contribution in [2.45, 2.75) is 12.1 Å². The molecule has 0 aromatic carbocycles. The maximum absolute atomic E-state index is 12.0. The number of aryl methyl sites for hydroxylation is 2. The Balaban J connectivity index is 2.73. The van der Waals surface area contributed by atoms with Crippen LogP contribution in [0.4, 0.5) is 13.2 Å². The minimum atomic E-state index is -6.03. The summed E-state index contributed by atoms with van der Waals surface area (Å²) < 4.78 is 84.4. The number of rotatable bonds is 5. The fraction of sp³-hybridized carbons (Fsp3) is 0.571. The first-order chi connectivity index (χ1) is 8.43. The Morgan fingerprint density at radius 2 is 1.84 bits per heavy atom. The van der Waals surface area contributed by atoms with Crippen molar-refractivity contribution in [3.05, 3.63) is 22.8 Å². The molecular formula is C7H10F3N3O4S2. The average Bonchev–Trinajstić information content (AvgIpc) is 2.58. The molecule has 110 valence electrons. The van der Waals surface area contributed by atoms with E-state index < -0.39 is 31.3 Å². The second kappa shape index (κ2) is 5.09. The highest BCUT2D eigenvalue weighted by molar-refractivity contribution is 8.12. The molecule has 0 radical (unpaired) electrons. The zero-order valence-electron chi connectivity index (χ0n) is 9.57. The standard InChI is InChI=1S/C7H10F3N3O4S2/c1-12-2-3-13(6-12)4-5-18(14,15)11-19(16,17)7(8,9)10/h2-3,6H,4-5H2,1H3. The summed E-state index contributed by atoms with van der Waals surface area (Å²) in [4.78, 5) is 0. The number of sulfonamides is 2. The van der Waals surface area contributed by atoms with Gasteiger partial charge in [0.2, 0.25) is 6.33 Å². The van der Waals surface area contributed by atoms with Crippen LogP contribution >= 0.6 is 0 Å². The van der Waals surface area contributed by atoms with Gasteiger partial charge in [-0.05, 0) is 0 Å². The Kier molecular flexibility index (Phi) is 4.27. The molecule has 7 nitrogen and oxygen atoms in total. The quantitative estimate of drug-likeness (QED) is 0.706. The van der Waals surface area contributed by atoms with Crippen molar-refractivity contribution >= 4 is 20.0 Å². The van der Waals surface area contributed by atoms with Gasteiger partial charge in [-0.15, -0.1) is 0 Å². The largest absolute Gasteiger partial charge is 0.480 e. The van der Waals surface area contributed by atoms with Crippen LogP contribution in [0.15, 0.2) is 18.7 Å². The first kappa shape index (κ1) is 15.9. The van der Waals surface area contributed by atoms with E-state index in [-0.39, 0.29) is 6.54 Å². The molecule has 1 aromatic rings. The van der Waals surface area contributed by atoms with Crippen molar-refractivity contribution in [2.75, 3.05) is 5.75 Å². The van der Waals surface area contributed by atoms with Gasteiger partial charge in [0.05, 0.1) is 22.8 Å². The zero-order valence-corrected chi connectivity index (χ0v) is 11.2. The molecule has 0 fully saturated rings. The Morgan fingerprint density at radius 1 is 1.26 bits per heavy atom. The second-order valence-corrected chi connectivity index (χ2v) is 7.18. The fourth-order valence-corrected chi connectivity index (χ4v) is 3.36. The van der Waals surface area contributed by atoms with Crippen molar-refractivity contribution in [3.8, 4) is 0 Å². The Hall–Kier alpha value is -1.14. The van der Waals surface area contributed by atoms with E-state index in [2.05, 4.69) is 0 Å². The molecule has 0 unspecified atom stereocenters. The number of alkyl halides is 3. The molecule has 1 heterocycles. The van der Waals surface area contributed by atoms with Crippen LogP contribution in [0.2, 0.25) is 0 Å². The van der Waals surface area contributed by atoms with Crippen molar-refractivity contribution < 1.29 is 34.6 Å². The van der Waals surface area contributed by atoms with Crippen LogP contribution in [0.5, 0.6) is 0 Å². The summed E-state index contributed by atoms with van der Waals surface area (Å²) in [7, 11) is -9.10. The van der Waals surface area contributed by atoms with E-state index in [0.29, 0.717) is 0 Å². The molecule has 0 aliphatic rings. The highest BCUT2D eigenvalue weighted by Crippen LogP contribution is 2.29. The molecular weight excluding hydrogens is 311 g/mol. The number of aromatic nitrogens is 2. The number of imidazole rings is 1. The number of hydrogen-bond donors (Lipinski definition) is 0. The normalized spacial score (nSPS) is 13.7. The van der Waals surface area contributed by atoms with Crippen molar-refractivity contribution in [3.63, 3.8) is 0 Å². The first-order valence-electron chi connectivity index (χ1n) is 4.72. The third kappa shape index (κ3) is 4.47. The van der Waals surface area contributed by atoms with Gasteiger partial charge in [-0.25, -0.2) is 26.0 Å². The molecule has 0 spiro atoms. The molecule has 0 aliphatic carbocycles. The lowest BCUT2D eigenvalue weighted by atomic mass is 10.7. The Bertz CT molecular complexity index is 647. The summed E-state index contributed by atoms with van der Waals surface area (Å²) in [5.41, 5.74) is -5.72. The van der Waals surface area contributed by atoms with Gasteiger partial charge in [0, 0.05) is 0 Å². The molecule has 1 aromatic heterocycles. The summed E-state index contributed by atoms with van der Waals surface area (Å²) in [6, 6.07) is 0. The average molecular weight is 321 g/mol. The van der Waals surface area contributed by atoms with Crippen LogP contribution in [0, 0.1) is 0 Å². The lowest BCUT2D eigenvalue weighted by Crippen LogP contribution is -2.26. The van der Waals surface area contributed by atoms with Gasteiger partial charge in [-0.3, -0.25) is 0 Å². The van der Waals surface area contributed by atoms with Gasteiger partial charge >= 0.3 is 5.51 Å². The highest BCUT2D eigenvalue weighted by atomic mass is 32.3. The van der Waals surface area contributed by atoms with Crippen LogP contribution in [0.1, 0.15) is 0 Å². The minimum Gasteiger partial charge on any atom is -0.428 e. The van der Waals surface area contributed by atoms with Crippen LogP contribution < -0.4 is 4.57 Å². The molecule has 0 saturated heterocycles. The number of nitrogens with zero attached hydrogens (tertiary/aromatic N) is 3. The van der Waals surface area contributed by atoms with Crippen molar-refractivity contribution in [1.82, 2.24) is 4.57 Å². The number of hydrogen-bond acceptors (Lipinski definition) is 4. The number of halogens is 3. The van der Waals surface area contributed by atoms with E-state index in [9.17, 15) is 30.0 Å². The molecule has 19 heavy (non-hydrogen) atoms. The predicted molar refractivity (Wildman–Crippen MR) is 57.7 cm³/mol. The van der Waals surface area contributed by atoms with Crippen LogP contribution in [0.25, 0.3) is 4.13 Å². The monoisotopic (exact) mass is 321 g/mol. The van der Waals surface area contributed by atoms with Gasteiger partial charge in [-0.2, -0.15) is 13.2 Å². The van der Waals surface area contributed by atoms with Gasteiger partial charge < -0.3 is 4.13 Å². The molecule has 0 amide bonds. The van der Waals surface area contributed by atoms with E-state index in [1.807, 2.05) is 4.13 Å². The molecule has 12 heteroatoms. The molecule has 1 rings (SSSR count). The van der Waals surface area contributed by atoms with Gasteiger partial charge in [0.1, 0.15) is 18.9 Å². The lowest BCUT2D eigenvalue weighted by Gasteiger charge is -2.21. The van der Waals surface area contributed by atoms with E-state index in [1.54, 1.807) is 17.8 Å². The van der Waals surface area contributed by atoms with Gasteiger partial charge in [0.25, 0.3) is 0 Å². The summed E-state index contributed by atoms with van der Waals surface area (Å²) in [5, 5.41) is 0. The third-order valence-electron chi connectivity index (χ3n) is 1.94. The first-order valence-corrected chi connectivity index (χ1v) is 7.77. The maximum atomic E-state index is 12.0. The minimum absolute atomic E-state index is 0.208. The van der Waals surface area contributed by atoms with Crippen LogP contribution in [0.3, 0.4) is 0 Å². The van der Waals surface area contributed by atoms with Crippen molar-refractivity contribution in [2.24, 2.45) is 7.05 Å². The zero-order chi connectivity index (χ0) is 14.9. The summed E-state index contributed by atoms with van der Waals surface area (Å²) >= 11 is 0. The Labute approximate surface area is 107 Å². The fourth-order valence-electron chi connectivity index (χ4n) is 1.08. The van der Waals surface area contributed by atoms with Crippen LogP contribution in [-0.4, -0.2) is 32.7 Å². The molecule has 0 saturated carbocycles. The van der Waals surface area contributed by atoms with Gasteiger partial charge in [0.15, 0.2) is 10.0 Å². The molecule has 0 N–H and O–H groups in total. The van der Waals surface area contributed by atoms with E-state index in [0.717, 1.165) is 0 Å². The van der Waals surface area contributed by atoms with E-state index in [4.69, 9.17) is 0 Å². The summed E-state index contributed by atoms with van der Waals surface area (Å²) in [6.07, 6.45) is 4.54. The molecule has 0 bridgehead atoms. The third-order valence-corrected chi connectivity index (χ3v) is 4.91. The summed E-state index contributed by atoms with van der Waals surface area (Å²) in [6.45, 7) is -0.208. The van der Waals surface area contributed by atoms with Crippen molar-refractivity contribution in [1.29, 1.82) is 0 Å². The second-order valence-electron chi connectivity index (χ2n) is 3.60. The smallest absolute Gasteiger partial charge is 0.428 e. The maximum Gasteiger partial charge on any atom is 0.480 e. The van der Waals surface area contributed by atoms with Crippen LogP contribution in [-0.2, 0) is 33.6 Å². The lowest BCUT2D eigenvalue weighted by molar-refractivity contribution is -0.671. The van der Waals surface area contributed by atoms with E-state index in [1.165, 1.54) is 17.1 Å². The summed E-state index contributed by atoms with van der Waals surface area (Å²) in [5.74, 6) is -0.850.